The molecule has 4 heteroatoms. The number of nitrogens with two attached hydrogens (primary N) is 1. The van der Waals surface area contributed by atoms with Crippen molar-refractivity contribution in [1.29, 1.82) is 0 Å². The van der Waals surface area contributed by atoms with Crippen molar-refractivity contribution in [3.05, 3.63) is 57.6 Å². The van der Waals surface area contributed by atoms with E-state index < -0.39 is 0 Å². The number of halogens is 1. The minimum atomic E-state index is -0.152. The summed E-state index contributed by atoms with van der Waals surface area (Å²) >= 11 is 3.40. The van der Waals surface area contributed by atoms with E-state index in [-0.39, 0.29) is 5.91 Å². The molecule has 2 rings (SSSR count). The number of hydrogen-bond donors (Lipinski definition) is 2. The first-order valence-corrected chi connectivity index (χ1v) is 6.69. The number of nitrogen functional groups attached to an aromatic ring is 1. The topological polar surface area (TPSA) is 55.1 Å². The van der Waals surface area contributed by atoms with Crippen LogP contribution < -0.4 is 11.1 Å². The van der Waals surface area contributed by atoms with Gasteiger partial charge in [0.2, 0.25) is 0 Å². The first-order valence-electron chi connectivity index (χ1n) is 5.90. The van der Waals surface area contributed by atoms with Crippen LogP contribution in [-0.2, 0) is 0 Å². The molecule has 0 atom stereocenters. The van der Waals surface area contributed by atoms with E-state index in [1.807, 2.05) is 44.2 Å². The lowest BCUT2D eigenvalue weighted by Crippen LogP contribution is -2.13. The number of benzene rings is 2. The van der Waals surface area contributed by atoms with Crippen LogP contribution in [-0.4, -0.2) is 5.91 Å². The summed E-state index contributed by atoms with van der Waals surface area (Å²) < 4.78 is 0.989. The summed E-state index contributed by atoms with van der Waals surface area (Å²) in [6.07, 6.45) is 0. The quantitative estimate of drug-likeness (QED) is 0.825. The zero-order valence-electron chi connectivity index (χ0n) is 10.8. The molecule has 0 aliphatic rings. The van der Waals surface area contributed by atoms with Gasteiger partial charge in [-0.3, -0.25) is 4.79 Å². The van der Waals surface area contributed by atoms with Crippen LogP contribution in [0.15, 0.2) is 40.9 Å². The lowest BCUT2D eigenvalue weighted by Gasteiger charge is -2.10. The maximum Gasteiger partial charge on any atom is 0.255 e. The normalized spacial score (nSPS) is 10.3. The zero-order valence-corrected chi connectivity index (χ0v) is 12.4. The molecule has 0 saturated carbocycles. The predicted molar refractivity (Wildman–Crippen MR) is 82.4 cm³/mol. The number of rotatable bonds is 2. The second kappa shape index (κ2) is 5.45. The summed E-state index contributed by atoms with van der Waals surface area (Å²) in [6.45, 7) is 3.86. The minimum absolute atomic E-state index is 0.152. The Morgan fingerprint density at radius 3 is 2.53 bits per heavy atom. The molecular formula is C15H15BrN2O. The van der Waals surface area contributed by atoms with Crippen molar-refractivity contribution in [2.45, 2.75) is 13.8 Å². The van der Waals surface area contributed by atoms with Crippen LogP contribution in [0.1, 0.15) is 21.5 Å². The van der Waals surface area contributed by atoms with E-state index in [0.29, 0.717) is 11.3 Å². The Kier molecular flexibility index (Phi) is 3.90. The zero-order chi connectivity index (χ0) is 14.0. The maximum absolute atomic E-state index is 12.2. The summed E-state index contributed by atoms with van der Waals surface area (Å²) in [4.78, 5) is 12.2. The molecule has 0 radical (unpaired) electrons. The van der Waals surface area contributed by atoms with Crippen LogP contribution in [0.2, 0.25) is 0 Å². The molecule has 3 N–H and O–H groups in total. The Morgan fingerprint density at radius 1 is 1.16 bits per heavy atom. The average molecular weight is 319 g/mol. The lowest BCUT2D eigenvalue weighted by molar-refractivity contribution is 0.102. The van der Waals surface area contributed by atoms with Crippen LogP contribution in [0.3, 0.4) is 0 Å². The molecule has 1 amide bonds. The van der Waals surface area contributed by atoms with Crippen molar-refractivity contribution in [2.24, 2.45) is 0 Å². The Morgan fingerprint density at radius 2 is 1.89 bits per heavy atom. The largest absolute Gasteiger partial charge is 0.399 e. The van der Waals surface area contributed by atoms with Crippen LogP contribution in [0.4, 0.5) is 11.4 Å². The van der Waals surface area contributed by atoms with Crippen molar-refractivity contribution >= 4 is 33.2 Å². The number of anilines is 2. The van der Waals surface area contributed by atoms with E-state index >= 15 is 0 Å². The molecule has 2 aromatic rings. The highest BCUT2D eigenvalue weighted by Gasteiger charge is 2.09. The molecule has 0 heterocycles. The van der Waals surface area contributed by atoms with Gasteiger partial charge in [0.1, 0.15) is 0 Å². The number of carbonyl (C=O) groups is 1. The maximum atomic E-state index is 12.2. The highest BCUT2D eigenvalue weighted by molar-refractivity contribution is 9.10. The Labute approximate surface area is 121 Å². The third kappa shape index (κ3) is 3.35. The molecule has 2 aromatic carbocycles. The molecule has 0 aromatic heterocycles. The van der Waals surface area contributed by atoms with Crippen molar-refractivity contribution < 1.29 is 4.79 Å². The average Bonchev–Trinajstić information content (AvgIpc) is 2.31. The number of carbonyl (C=O) groups excluding carboxylic acids is 1. The van der Waals surface area contributed by atoms with Gasteiger partial charge in [-0.15, -0.1) is 0 Å². The fourth-order valence-corrected chi connectivity index (χ4v) is 2.38. The van der Waals surface area contributed by atoms with E-state index in [2.05, 4.69) is 21.2 Å². The molecule has 0 spiro atoms. The van der Waals surface area contributed by atoms with Crippen molar-refractivity contribution in [3.63, 3.8) is 0 Å². The van der Waals surface area contributed by atoms with Gasteiger partial charge < -0.3 is 11.1 Å². The van der Waals surface area contributed by atoms with E-state index in [9.17, 15) is 4.79 Å². The van der Waals surface area contributed by atoms with Gasteiger partial charge in [0.25, 0.3) is 5.91 Å². The highest BCUT2D eigenvalue weighted by Crippen LogP contribution is 2.21. The first kappa shape index (κ1) is 13.6. The predicted octanol–water partition coefficient (Wildman–Crippen LogP) is 3.90. The summed E-state index contributed by atoms with van der Waals surface area (Å²) in [7, 11) is 0. The highest BCUT2D eigenvalue weighted by atomic mass is 79.9. The SMILES string of the molecule is Cc1cc(N)cc(C(=O)Nc2ccc(Br)cc2C)c1. The molecule has 98 valence electrons. The third-order valence-electron chi connectivity index (χ3n) is 2.80. The number of nitrogens with one attached hydrogen (secondary N) is 1. The van der Waals surface area contributed by atoms with Gasteiger partial charge in [-0.25, -0.2) is 0 Å². The minimum Gasteiger partial charge on any atom is -0.399 e. The van der Waals surface area contributed by atoms with Crippen LogP contribution in [0.25, 0.3) is 0 Å². The number of amides is 1. The molecule has 0 bridgehead atoms. The number of hydrogen-bond acceptors (Lipinski definition) is 2. The second-order valence-electron chi connectivity index (χ2n) is 4.55. The lowest BCUT2D eigenvalue weighted by atomic mass is 10.1. The van der Waals surface area contributed by atoms with Crippen LogP contribution in [0, 0.1) is 13.8 Å². The van der Waals surface area contributed by atoms with Gasteiger partial charge in [0.15, 0.2) is 0 Å². The standard InChI is InChI=1S/C15H15BrN2O/c1-9-5-11(8-13(17)6-9)15(19)18-14-4-3-12(16)7-10(14)2/h3-8H,17H2,1-2H3,(H,18,19). The van der Waals surface area contributed by atoms with Crippen molar-refractivity contribution in [2.75, 3.05) is 11.1 Å². The fraction of sp³-hybridized carbons (Fsp3) is 0.133. The first-order chi connectivity index (χ1) is 8.95. The molecule has 0 aliphatic heterocycles. The Bertz CT molecular complexity index is 618. The smallest absolute Gasteiger partial charge is 0.255 e. The molecule has 3 nitrogen and oxygen atoms in total. The Balaban J connectivity index is 2.25. The molecule has 0 saturated heterocycles. The van der Waals surface area contributed by atoms with E-state index in [0.717, 1.165) is 21.3 Å². The van der Waals surface area contributed by atoms with Gasteiger partial charge in [0, 0.05) is 21.4 Å². The number of aryl methyl sites for hydroxylation is 2. The van der Waals surface area contributed by atoms with Gasteiger partial charge in [0.05, 0.1) is 0 Å². The van der Waals surface area contributed by atoms with E-state index in [1.54, 1.807) is 6.07 Å². The monoisotopic (exact) mass is 318 g/mol. The van der Waals surface area contributed by atoms with Gasteiger partial charge >= 0.3 is 0 Å². The summed E-state index contributed by atoms with van der Waals surface area (Å²) in [5, 5.41) is 2.89. The molecular weight excluding hydrogens is 304 g/mol. The third-order valence-corrected chi connectivity index (χ3v) is 3.29. The fourth-order valence-electron chi connectivity index (χ4n) is 1.91. The van der Waals surface area contributed by atoms with Crippen LogP contribution >= 0.6 is 15.9 Å². The van der Waals surface area contributed by atoms with Crippen molar-refractivity contribution in [1.82, 2.24) is 0 Å². The van der Waals surface area contributed by atoms with Gasteiger partial charge in [-0.2, -0.15) is 0 Å². The van der Waals surface area contributed by atoms with E-state index in [1.165, 1.54) is 0 Å². The summed E-state index contributed by atoms with van der Waals surface area (Å²) in [5.74, 6) is -0.152. The molecule has 19 heavy (non-hydrogen) atoms. The van der Waals surface area contributed by atoms with Gasteiger partial charge in [-0.05, 0) is 61.4 Å². The molecule has 0 fully saturated rings. The Hall–Kier alpha value is -1.81. The van der Waals surface area contributed by atoms with Gasteiger partial charge in [-0.1, -0.05) is 15.9 Å². The van der Waals surface area contributed by atoms with Crippen LogP contribution in [0.5, 0.6) is 0 Å². The molecule has 0 unspecified atom stereocenters. The second-order valence-corrected chi connectivity index (χ2v) is 5.46. The summed E-state index contributed by atoms with van der Waals surface area (Å²) in [5.41, 5.74) is 9.69. The van der Waals surface area contributed by atoms with Crippen molar-refractivity contribution in [3.8, 4) is 0 Å². The van der Waals surface area contributed by atoms with E-state index in [4.69, 9.17) is 5.73 Å². The molecule has 0 aliphatic carbocycles. The summed E-state index contributed by atoms with van der Waals surface area (Å²) in [6, 6.07) is 11.1.